The van der Waals surface area contributed by atoms with Crippen molar-refractivity contribution in [1.29, 1.82) is 0 Å². The molecule has 140 valence electrons. The van der Waals surface area contributed by atoms with Crippen molar-refractivity contribution in [2.45, 2.75) is 44.5 Å². The van der Waals surface area contributed by atoms with Gasteiger partial charge >= 0.3 is 11.7 Å². The molecule has 8 nitrogen and oxygen atoms in total. The zero-order valence-corrected chi connectivity index (χ0v) is 14.4. The highest BCUT2D eigenvalue weighted by Crippen LogP contribution is 2.37. The molecule has 4 N–H and O–H groups in total. The van der Waals surface area contributed by atoms with Crippen LogP contribution in [0.2, 0.25) is 0 Å². The van der Waals surface area contributed by atoms with Crippen molar-refractivity contribution < 1.29 is 28.2 Å². The molecule has 2 heterocycles. The molecule has 0 spiro atoms. The third kappa shape index (κ3) is 4.11. The van der Waals surface area contributed by atoms with Crippen LogP contribution in [0.4, 0.5) is 8.78 Å². The van der Waals surface area contributed by atoms with E-state index in [2.05, 4.69) is 17.2 Å². The number of nitrogens with two attached hydrogens (primary N) is 1. The summed E-state index contributed by atoms with van der Waals surface area (Å²) in [5.74, 6) is -4.73. The lowest BCUT2D eigenvalue weighted by Gasteiger charge is -2.24. The maximum Gasteiger partial charge on any atom is 0.328 e. The summed E-state index contributed by atoms with van der Waals surface area (Å²) >= 11 is 4.58. The largest absolute Gasteiger partial charge is 0.458 e. The summed E-state index contributed by atoms with van der Waals surface area (Å²) < 4.78 is 38.4. The number of rotatable bonds is 5. The van der Waals surface area contributed by atoms with Gasteiger partial charge in [0.2, 0.25) is 0 Å². The first-order valence-corrected chi connectivity index (χ1v) is 7.94. The number of aromatic nitrogens is 2. The molecule has 11 heteroatoms. The molecule has 0 bridgehead atoms. The lowest BCUT2D eigenvalue weighted by Crippen LogP contribution is -2.44. The van der Waals surface area contributed by atoms with Gasteiger partial charge in [-0.15, -0.1) is 0 Å². The molecule has 1 fully saturated rings. The predicted molar refractivity (Wildman–Crippen MR) is 84.2 cm³/mol. The Labute approximate surface area is 146 Å². The van der Waals surface area contributed by atoms with Crippen molar-refractivity contribution in [3.05, 3.63) is 27.1 Å². The average Bonchev–Trinajstić information content (AvgIpc) is 2.83. The Morgan fingerprint density at radius 1 is 1.68 bits per heavy atom. The van der Waals surface area contributed by atoms with E-state index >= 15 is 0 Å². The second-order valence-electron chi connectivity index (χ2n) is 6.13. The van der Waals surface area contributed by atoms with Gasteiger partial charge in [-0.2, -0.15) is 0 Å². The Morgan fingerprint density at radius 3 is 2.92 bits per heavy atom. The minimum absolute atomic E-state index is 0.223. The SMILES string of the molecule is CC(C)[C@H](N)C(=O)OC[C@@]1(F)O[C@@H](n2cc(F)c(=S)[nH]c2=O)C[C@@H]1O. The number of hydrogen-bond acceptors (Lipinski definition) is 7. The molecule has 0 aromatic carbocycles. The molecule has 0 amide bonds. The number of ether oxygens (including phenoxy) is 2. The maximum atomic E-state index is 14.7. The van der Waals surface area contributed by atoms with Gasteiger partial charge in [-0.1, -0.05) is 26.1 Å². The number of hydrogen-bond donors (Lipinski definition) is 3. The third-order valence-corrected chi connectivity index (χ3v) is 4.19. The number of carbonyl (C=O) groups excluding carboxylic acids is 1. The van der Waals surface area contributed by atoms with Gasteiger partial charge < -0.3 is 20.3 Å². The highest BCUT2D eigenvalue weighted by molar-refractivity contribution is 7.71. The summed E-state index contributed by atoms with van der Waals surface area (Å²) in [5, 5.41) is 9.89. The van der Waals surface area contributed by atoms with Crippen molar-refractivity contribution in [1.82, 2.24) is 9.55 Å². The molecule has 2 rings (SSSR count). The van der Waals surface area contributed by atoms with E-state index in [1.54, 1.807) is 13.8 Å². The first-order valence-electron chi connectivity index (χ1n) is 7.53. The zero-order chi connectivity index (χ0) is 18.9. The molecule has 1 aromatic heterocycles. The van der Waals surface area contributed by atoms with E-state index in [0.29, 0.717) is 0 Å². The van der Waals surface area contributed by atoms with Gasteiger partial charge in [0.25, 0.3) is 5.85 Å². The van der Waals surface area contributed by atoms with Gasteiger partial charge in [0.1, 0.15) is 23.0 Å². The first kappa shape index (κ1) is 19.6. The van der Waals surface area contributed by atoms with Crippen molar-refractivity contribution >= 4 is 18.2 Å². The van der Waals surface area contributed by atoms with Crippen LogP contribution >= 0.6 is 12.2 Å². The van der Waals surface area contributed by atoms with Crippen molar-refractivity contribution in [3.8, 4) is 0 Å². The summed E-state index contributed by atoms with van der Waals surface area (Å²) in [6, 6.07) is -0.955. The fourth-order valence-electron chi connectivity index (χ4n) is 2.23. The standard InChI is InChI=1S/C14H19F2N3O5S/c1-6(2)10(17)12(21)23-5-14(16)8(20)3-9(24-14)19-4-7(15)11(25)18-13(19)22/h4,6,8-10,20H,3,5,17H2,1-2H3,(H,18,22,25)/t8-,9+,10-,14+/m0/s1. The van der Waals surface area contributed by atoms with Gasteiger partial charge in [0, 0.05) is 6.42 Å². The van der Waals surface area contributed by atoms with Crippen LogP contribution in [0.3, 0.4) is 0 Å². The number of alkyl halides is 1. The summed E-state index contributed by atoms with van der Waals surface area (Å²) in [7, 11) is 0. The molecule has 4 atom stereocenters. The molecule has 1 aliphatic heterocycles. The van der Waals surface area contributed by atoms with Crippen LogP contribution in [0.15, 0.2) is 11.0 Å². The zero-order valence-electron chi connectivity index (χ0n) is 13.6. The molecule has 0 saturated carbocycles. The second-order valence-corrected chi connectivity index (χ2v) is 6.54. The number of carbonyl (C=O) groups is 1. The van der Waals surface area contributed by atoms with Crippen LogP contribution in [0, 0.1) is 16.4 Å². The van der Waals surface area contributed by atoms with Crippen LogP contribution in [0.5, 0.6) is 0 Å². The Bertz CT molecular complexity index is 768. The summed E-state index contributed by atoms with van der Waals surface area (Å²) in [6.45, 7) is 2.47. The van der Waals surface area contributed by atoms with Crippen LogP contribution in [0.1, 0.15) is 26.5 Å². The number of aliphatic hydroxyl groups excluding tert-OH is 1. The number of H-pyrrole nitrogens is 1. The Hall–Kier alpha value is -1.69. The topological polar surface area (TPSA) is 120 Å². The minimum atomic E-state index is -2.75. The Balaban J connectivity index is 2.12. The van der Waals surface area contributed by atoms with E-state index in [4.69, 9.17) is 15.2 Å². The Morgan fingerprint density at radius 2 is 2.32 bits per heavy atom. The molecule has 1 aromatic rings. The fraction of sp³-hybridized carbons (Fsp3) is 0.643. The molecule has 25 heavy (non-hydrogen) atoms. The van der Waals surface area contributed by atoms with E-state index in [1.807, 2.05) is 0 Å². The summed E-state index contributed by atoms with van der Waals surface area (Å²) in [4.78, 5) is 25.6. The summed E-state index contributed by atoms with van der Waals surface area (Å²) in [5.41, 5.74) is 4.76. The Kier molecular flexibility index (Phi) is 5.72. The third-order valence-electron chi connectivity index (χ3n) is 3.89. The second kappa shape index (κ2) is 7.28. The van der Waals surface area contributed by atoms with Crippen LogP contribution in [0.25, 0.3) is 0 Å². The minimum Gasteiger partial charge on any atom is -0.458 e. The number of halogens is 2. The van der Waals surface area contributed by atoms with E-state index in [-0.39, 0.29) is 12.3 Å². The average molecular weight is 379 g/mol. The molecular formula is C14H19F2N3O5S. The monoisotopic (exact) mass is 379 g/mol. The van der Waals surface area contributed by atoms with Gasteiger partial charge in [-0.3, -0.25) is 14.3 Å². The molecule has 1 saturated heterocycles. The normalized spacial score (nSPS) is 27.5. The van der Waals surface area contributed by atoms with Crippen LogP contribution in [-0.2, 0) is 14.3 Å². The first-order chi connectivity index (χ1) is 11.5. The highest BCUT2D eigenvalue weighted by atomic mass is 32.1. The molecule has 0 aliphatic carbocycles. The van der Waals surface area contributed by atoms with Gasteiger partial charge in [0.05, 0.1) is 6.20 Å². The number of nitrogens with zero attached hydrogens (tertiary/aromatic N) is 1. The number of esters is 1. The van der Waals surface area contributed by atoms with Gasteiger partial charge in [-0.25, -0.2) is 13.6 Å². The van der Waals surface area contributed by atoms with E-state index in [1.165, 1.54) is 0 Å². The lowest BCUT2D eigenvalue weighted by molar-refractivity contribution is -0.217. The van der Waals surface area contributed by atoms with Crippen LogP contribution < -0.4 is 11.4 Å². The van der Waals surface area contributed by atoms with E-state index in [9.17, 15) is 23.5 Å². The van der Waals surface area contributed by atoms with Gasteiger partial charge in [0.15, 0.2) is 12.4 Å². The van der Waals surface area contributed by atoms with Crippen molar-refractivity contribution in [3.63, 3.8) is 0 Å². The van der Waals surface area contributed by atoms with Crippen LogP contribution in [-0.4, -0.2) is 45.2 Å². The van der Waals surface area contributed by atoms with Crippen molar-refractivity contribution in [2.24, 2.45) is 11.7 Å². The molecule has 0 unspecified atom stereocenters. The quantitative estimate of drug-likeness (QED) is 0.504. The number of nitrogens with one attached hydrogen (secondary N) is 1. The maximum absolute atomic E-state index is 14.7. The van der Waals surface area contributed by atoms with E-state index in [0.717, 1.165) is 10.8 Å². The molecule has 1 aliphatic rings. The highest BCUT2D eigenvalue weighted by Gasteiger charge is 2.51. The van der Waals surface area contributed by atoms with E-state index < -0.39 is 53.0 Å². The molecule has 0 radical (unpaired) electrons. The summed E-state index contributed by atoms with van der Waals surface area (Å²) in [6.07, 6.45) is -2.59. The van der Waals surface area contributed by atoms with Crippen molar-refractivity contribution in [2.75, 3.05) is 6.61 Å². The fourth-order valence-corrected chi connectivity index (χ4v) is 2.37. The predicted octanol–water partition coefficient (Wildman–Crippen LogP) is 0.517. The number of aromatic amines is 1. The lowest BCUT2D eigenvalue weighted by atomic mass is 10.1. The van der Waals surface area contributed by atoms with Gasteiger partial charge in [-0.05, 0) is 5.92 Å². The smallest absolute Gasteiger partial charge is 0.328 e. The molecular weight excluding hydrogens is 360 g/mol. The number of aliphatic hydroxyl groups is 1.